The highest BCUT2D eigenvalue weighted by Crippen LogP contribution is 2.15. The molecule has 2 heterocycles. The summed E-state index contributed by atoms with van der Waals surface area (Å²) >= 11 is 0. The lowest BCUT2D eigenvalue weighted by molar-refractivity contribution is 0.333. The summed E-state index contributed by atoms with van der Waals surface area (Å²) in [6, 6.07) is 0. The third-order valence-electron chi connectivity index (χ3n) is 2.66. The minimum absolute atomic E-state index is 0.139. The maximum Gasteiger partial charge on any atom is 0.214 e. The van der Waals surface area contributed by atoms with Crippen molar-refractivity contribution in [2.45, 2.75) is 26.9 Å². The molecule has 0 bridgehead atoms. The van der Waals surface area contributed by atoms with Gasteiger partial charge in [0.25, 0.3) is 0 Å². The molecule has 84 valence electrons. The van der Waals surface area contributed by atoms with Crippen molar-refractivity contribution in [2.75, 3.05) is 12.3 Å². The van der Waals surface area contributed by atoms with E-state index in [4.69, 9.17) is 0 Å². The van der Waals surface area contributed by atoms with Crippen molar-refractivity contribution in [3.63, 3.8) is 0 Å². The first kappa shape index (κ1) is 10.6. The average Bonchev–Trinajstić information content (AvgIpc) is 2.60. The topological polar surface area (TPSA) is 68.1 Å². The Bertz CT molecular complexity index is 465. The van der Waals surface area contributed by atoms with Gasteiger partial charge >= 0.3 is 0 Å². The molecule has 0 saturated carbocycles. The van der Waals surface area contributed by atoms with E-state index in [1.165, 1.54) is 4.31 Å². The lowest BCUT2D eigenvalue weighted by atomic mass is 10.4. The molecule has 0 spiro atoms. The number of aryl methyl sites for hydroxylation is 1. The summed E-state index contributed by atoms with van der Waals surface area (Å²) in [5.41, 5.74) is 0. The zero-order chi connectivity index (χ0) is 11.1. The molecule has 15 heavy (non-hydrogen) atoms. The van der Waals surface area contributed by atoms with Gasteiger partial charge in [-0.2, -0.15) is 4.31 Å². The van der Waals surface area contributed by atoms with Crippen LogP contribution in [0, 0.1) is 6.92 Å². The van der Waals surface area contributed by atoms with Crippen LogP contribution >= 0.6 is 0 Å². The van der Waals surface area contributed by atoms with Crippen LogP contribution in [0.1, 0.15) is 18.6 Å². The maximum absolute atomic E-state index is 11.6. The SMILES string of the molecule is CCS(=O)(=O)N1CCn2c(C)nnc2C1. The monoisotopic (exact) mass is 230 g/mol. The molecule has 0 N–H and O–H groups in total. The van der Waals surface area contributed by atoms with E-state index in [-0.39, 0.29) is 5.75 Å². The number of nitrogens with zero attached hydrogens (tertiary/aromatic N) is 4. The van der Waals surface area contributed by atoms with Crippen LogP contribution in [0.15, 0.2) is 0 Å². The highest BCUT2D eigenvalue weighted by molar-refractivity contribution is 7.89. The van der Waals surface area contributed by atoms with Gasteiger partial charge in [-0.1, -0.05) is 0 Å². The van der Waals surface area contributed by atoms with E-state index in [0.717, 1.165) is 11.6 Å². The molecule has 2 rings (SSSR count). The van der Waals surface area contributed by atoms with Gasteiger partial charge in [-0.25, -0.2) is 8.42 Å². The second-order valence-electron chi connectivity index (χ2n) is 3.55. The first-order valence-corrected chi connectivity index (χ1v) is 6.52. The summed E-state index contributed by atoms with van der Waals surface area (Å²) in [5.74, 6) is 1.72. The van der Waals surface area contributed by atoms with Gasteiger partial charge in [0.1, 0.15) is 11.6 Å². The van der Waals surface area contributed by atoms with Crippen LogP contribution in [-0.2, 0) is 23.1 Å². The van der Waals surface area contributed by atoms with Crippen molar-refractivity contribution in [2.24, 2.45) is 0 Å². The smallest absolute Gasteiger partial charge is 0.214 e. The van der Waals surface area contributed by atoms with Gasteiger partial charge in [0.05, 0.1) is 12.3 Å². The van der Waals surface area contributed by atoms with Gasteiger partial charge in [-0.15, -0.1) is 10.2 Å². The largest absolute Gasteiger partial charge is 0.313 e. The van der Waals surface area contributed by atoms with Crippen LogP contribution in [0.25, 0.3) is 0 Å². The van der Waals surface area contributed by atoms with E-state index < -0.39 is 10.0 Å². The molecule has 0 amide bonds. The number of sulfonamides is 1. The van der Waals surface area contributed by atoms with E-state index in [1.54, 1.807) is 6.92 Å². The quantitative estimate of drug-likeness (QED) is 0.702. The van der Waals surface area contributed by atoms with Crippen molar-refractivity contribution in [3.05, 3.63) is 11.6 Å². The Morgan fingerprint density at radius 1 is 1.33 bits per heavy atom. The molecular formula is C8H14N4O2S. The van der Waals surface area contributed by atoms with Crippen LogP contribution < -0.4 is 0 Å². The Morgan fingerprint density at radius 2 is 2.07 bits per heavy atom. The fourth-order valence-electron chi connectivity index (χ4n) is 1.70. The molecule has 1 aliphatic heterocycles. The first-order valence-electron chi connectivity index (χ1n) is 4.91. The Kier molecular flexibility index (Phi) is 2.51. The summed E-state index contributed by atoms with van der Waals surface area (Å²) in [5, 5.41) is 7.89. The Balaban J connectivity index is 2.27. The van der Waals surface area contributed by atoms with Gasteiger partial charge in [-0.3, -0.25) is 0 Å². The van der Waals surface area contributed by atoms with E-state index in [2.05, 4.69) is 10.2 Å². The van der Waals surface area contributed by atoms with Crippen LogP contribution in [0.4, 0.5) is 0 Å². The van der Waals surface area contributed by atoms with Gasteiger partial charge < -0.3 is 4.57 Å². The van der Waals surface area contributed by atoms with Gasteiger partial charge in [0.2, 0.25) is 10.0 Å². The molecule has 0 fully saturated rings. The molecule has 1 aromatic heterocycles. The summed E-state index contributed by atoms with van der Waals surface area (Å²) in [6.45, 7) is 5.03. The molecule has 0 unspecified atom stereocenters. The number of rotatable bonds is 2. The molecule has 0 aromatic carbocycles. The van der Waals surface area contributed by atoms with Crippen LogP contribution in [0.2, 0.25) is 0 Å². The second kappa shape index (κ2) is 3.57. The third-order valence-corrected chi connectivity index (χ3v) is 4.49. The minimum atomic E-state index is -3.10. The van der Waals surface area contributed by atoms with E-state index in [0.29, 0.717) is 19.6 Å². The number of hydrogen-bond donors (Lipinski definition) is 0. The molecule has 0 radical (unpaired) electrons. The summed E-state index contributed by atoms with van der Waals surface area (Å²) in [7, 11) is -3.10. The van der Waals surface area contributed by atoms with Crippen molar-refractivity contribution in [3.8, 4) is 0 Å². The molecule has 0 atom stereocenters. The predicted molar refractivity (Wildman–Crippen MR) is 54.6 cm³/mol. The van der Waals surface area contributed by atoms with Gasteiger partial charge in [-0.05, 0) is 13.8 Å². The molecule has 1 aliphatic rings. The molecule has 7 heteroatoms. The molecule has 1 aromatic rings. The zero-order valence-electron chi connectivity index (χ0n) is 8.84. The van der Waals surface area contributed by atoms with Crippen molar-refractivity contribution in [1.29, 1.82) is 0 Å². The van der Waals surface area contributed by atoms with Gasteiger partial charge in [0, 0.05) is 13.1 Å². The summed E-state index contributed by atoms with van der Waals surface area (Å²) in [4.78, 5) is 0. The highest BCUT2D eigenvalue weighted by Gasteiger charge is 2.27. The molecular weight excluding hydrogens is 216 g/mol. The molecule has 6 nitrogen and oxygen atoms in total. The summed E-state index contributed by atoms with van der Waals surface area (Å²) < 4.78 is 26.7. The minimum Gasteiger partial charge on any atom is -0.313 e. The standard InChI is InChI=1S/C8H14N4O2S/c1-3-15(13,14)11-4-5-12-7(2)9-10-8(12)6-11/h3-6H2,1-2H3. The van der Waals surface area contributed by atoms with Crippen LogP contribution in [0.3, 0.4) is 0 Å². The fourth-order valence-corrected chi connectivity index (χ4v) is 2.74. The molecule has 0 saturated heterocycles. The fraction of sp³-hybridized carbons (Fsp3) is 0.750. The lowest BCUT2D eigenvalue weighted by Gasteiger charge is -2.26. The number of hydrogen-bond acceptors (Lipinski definition) is 4. The summed E-state index contributed by atoms with van der Waals surface area (Å²) in [6.07, 6.45) is 0. The van der Waals surface area contributed by atoms with Crippen molar-refractivity contribution < 1.29 is 8.42 Å². The second-order valence-corrected chi connectivity index (χ2v) is 5.81. The number of fused-ring (bicyclic) bond motifs is 1. The van der Waals surface area contributed by atoms with Gasteiger partial charge in [0.15, 0.2) is 0 Å². The van der Waals surface area contributed by atoms with Crippen molar-refractivity contribution >= 4 is 10.0 Å². The predicted octanol–water partition coefficient (Wildman–Crippen LogP) is -0.248. The van der Waals surface area contributed by atoms with Crippen molar-refractivity contribution in [1.82, 2.24) is 19.1 Å². The number of aromatic nitrogens is 3. The Labute approximate surface area is 89.0 Å². The van der Waals surface area contributed by atoms with E-state index in [9.17, 15) is 8.42 Å². The van der Waals surface area contributed by atoms with Crippen LogP contribution in [-0.4, -0.2) is 39.8 Å². The first-order chi connectivity index (χ1) is 7.04. The highest BCUT2D eigenvalue weighted by atomic mass is 32.2. The lowest BCUT2D eigenvalue weighted by Crippen LogP contribution is -2.39. The Morgan fingerprint density at radius 3 is 2.73 bits per heavy atom. The maximum atomic E-state index is 11.6. The Hall–Kier alpha value is -0.950. The van der Waals surface area contributed by atoms with E-state index in [1.807, 2.05) is 11.5 Å². The average molecular weight is 230 g/mol. The third kappa shape index (κ3) is 1.76. The zero-order valence-corrected chi connectivity index (χ0v) is 9.66. The van der Waals surface area contributed by atoms with Crippen LogP contribution in [0.5, 0.6) is 0 Å². The van der Waals surface area contributed by atoms with E-state index >= 15 is 0 Å². The molecule has 0 aliphatic carbocycles. The normalized spacial score (nSPS) is 17.7.